The first-order valence-electron chi connectivity index (χ1n) is 7.33. The van der Waals surface area contributed by atoms with Crippen molar-refractivity contribution in [3.63, 3.8) is 0 Å². The van der Waals surface area contributed by atoms with Gasteiger partial charge in [-0.2, -0.15) is 0 Å². The van der Waals surface area contributed by atoms with Crippen LogP contribution in [0.25, 0.3) is 0 Å². The molecule has 1 aliphatic rings. The van der Waals surface area contributed by atoms with E-state index in [9.17, 15) is 9.59 Å². The average molecular weight is 386 g/mol. The van der Waals surface area contributed by atoms with E-state index in [0.717, 1.165) is 0 Å². The lowest BCUT2D eigenvalue weighted by Crippen LogP contribution is -2.37. The molecule has 0 aromatic heterocycles. The van der Waals surface area contributed by atoms with Crippen molar-refractivity contribution < 1.29 is 14.3 Å². The molecule has 0 fully saturated rings. The average Bonchev–Trinajstić information content (AvgIpc) is 2.30. The molecule has 0 aromatic carbocycles. The van der Waals surface area contributed by atoms with Crippen LogP contribution in [0.4, 0.5) is 4.79 Å². The molecule has 6 heteroatoms. The maximum Gasteiger partial charge on any atom is 0.426 e. The predicted octanol–water partition coefficient (Wildman–Crippen LogP) is 4.07. The molecule has 0 bridgehead atoms. The van der Waals surface area contributed by atoms with Crippen LogP contribution < -0.4 is 0 Å². The lowest BCUT2D eigenvalue weighted by atomic mass is 10.0. The van der Waals surface area contributed by atoms with Crippen LogP contribution in [-0.4, -0.2) is 35.3 Å². The molecule has 1 rings (SSSR count). The van der Waals surface area contributed by atoms with E-state index in [2.05, 4.69) is 47.2 Å². The number of rotatable bonds is 1. The lowest BCUT2D eigenvalue weighted by molar-refractivity contribution is -0.115. The minimum absolute atomic E-state index is 0.00839. The number of carbonyl (C=O) groups is 2. The second kappa shape index (κ2) is 7.01. The second-order valence-electron chi connectivity index (χ2n) is 7.34. The lowest BCUT2D eigenvalue weighted by Gasteiger charge is -2.28. The van der Waals surface area contributed by atoms with E-state index in [-0.39, 0.29) is 10.6 Å². The molecule has 1 atom stereocenters. The number of ketones is 1. The first-order chi connectivity index (χ1) is 9.89. The van der Waals surface area contributed by atoms with Gasteiger partial charge in [-0.05, 0) is 27.2 Å². The van der Waals surface area contributed by atoms with Gasteiger partial charge in [0.05, 0.1) is 10.5 Å². The first kappa shape index (κ1) is 19.0. The number of hydrogen-bond donors (Lipinski definition) is 0. The fourth-order valence-corrected chi connectivity index (χ4v) is 2.71. The Kier molecular flexibility index (Phi) is 6.05. The number of nitrogens with zero attached hydrogens (tertiary/aromatic N) is 1. The molecule has 0 heterocycles. The fraction of sp³-hybridized carbons (Fsp3) is 0.625. The molecule has 0 aliphatic heterocycles. The normalized spacial score (nSPS) is 19.0. The van der Waals surface area contributed by atoms with Crippen LogP contribution in [0.1, 0.15) is 33.6 Å². The zero-order valence-corrected chi connectivity index (χ0v) is 16.7. The summed E-state index contributed by atoms with van der Waals surface area (Å²) in [6, 6.07) is 2.92. The summed E-state index contributed by atoms with van der Waals surface area (Å²) in [5.74, 6) is 0.00839. The summed E-state index contributed by atoms with van der Waals surface area (Å²) in [6.45, 7) is 11.7. The van der Waals surface area contributed by atoms with Crippen LogP contribution in [0.15, 0.2) is 11.8 Å². The van der Waals surface area contributed by atoms with E-state index in [1.54, 1.807) is 20.8 Å². The summed E-state index contributed by atoms with van der Waals surface area (Å²) in [5.41, 5.74) is 3.11. The van der Waals surface area contributed by atoms with Gasteiger partial charge in [0.15, 0.2) is 5.78 Å². The molecule has 1 aliphatic carbocycles. The van der Waals surface area contributed by atoms with Crippen LogP contribution in [0.5, 0.6) is 0 Å². The first-order valence-corrected chi connectivity index (χ1v) is 11.7. The van der Waals surface area contributed by atoms with E-state index in [4.69, 9.17) is 4.74 Å². The largest absolute Gasteiger partial charge is 0.443 e. The highest BCUT2D eigenvalue weighted by atomic mass is 79.9. The van der Waals surface area contributed by atoms with E-state index in [1.807, 2.05) is 0 Å². The zero-order chi connectivity index (χ0) is 17.1. The Bertz CT molecular complexity index is 546. The smallest absolute Gasteiger partial charge is 0.426 e. The molecular formula is C16H24BrNO3Si. The quantitative estimate of drug-likeness (QED) is 0.295. The molecular weight excluding hydrogens is 362 g/mol. The van der Waals surface area contributed by atoms with Crippen molar-refractivity contribution in [2.75, 3.05) is 0 Å². The van der Waals surface area contributed by atoms with Crippen molar-refractivity contribution in [3.05, 3.63) is 11.8 Å². The van der Waals surface area contributed by atoms with E-state index in [1.165, 1.54) is 11.0 Å². The number of ether oxygens (including phenoxy) is 1. The second-order valence-corrected chi connectivity index (χ2v) is 13.2. The van der Waals surface area contributed by atoms with Gasteiger partial charge in [0.25, 0.3) is 0 Å². The Balaban J connectivity index is 3.18. The Labute approximate surface area is 142 Å². The monoisotopic (exact) mass is 385 g/mol. The van der Waals surface area contributed by atoms with E-state index >= 15 is 0 Å². The minimum atomic E-state index is -1.67. The predicted molar refractivity (Wildman–Crippen MR) is 94.2 cm³/mol. The highest BCUT2D eigenvalue weighted by molar-refractivity contribution is 9.09. The van der Waals surface area contributed by atoms with Crippen LogP contribution in [0.2, 0.25) is 19.6 Å². The molecule has 0 aromatic rings. The van der Waals surface area contributed by atoms with Crippen LogP contribution >= 0.6 is 15.9 Å². The van der Waals surface area contributed by atoms with Gasteiger partial charge in [0, 0.05) is 18.5 Å². The van der Waals surface area contributed by atoms with Crippen molar-refractivity contribution >= 4 is 35.9 Å². The maximum atomic E-state index is 12.5. The summed E-state index contributed by atoms with van der Waals surface area (Å²) in [7, 11) is -1.67. The van der Waals surface area contributed by atoms with Crippen LogP contribution in [0.3, 0.4) is 0 Å². The van der Waals surface area contributed by atoms with Gasteiger partial charge in [-0.15, -0.1) is 5.54 Å². The Morgan fingerprint density at radius 3 is 2.50 bits per heavy atom. The Morgan fingerprint density at radius 2 is 2.00 bits per heavy atom. The number of carbonyl (C=O) groups excluding carboxylic acids is 2. The summed E-state index contributed by atoms with van der Waals surface area (Å²) in [5, 5.41) is 0. The highest BCUT2D eigenvalue weighted by Gasteiger charge is 2.30. The molecule has 1 amide bonds. The van der Waals surface area contributed by atoms with E-state index < -0.39 is 19.8 Å². The highest BCUT2D eigenvalue weighted by Crippen LogP contribution is 2.27. The number of amides is 1. The van der Waals surface area contributed by atoms with Gasteiger partial charge >= 0.3 is 6.09 Å². The molecule has 22 heavy (non-hydrogen) atoms. The van der Waals surface area contributed by atoms with E-state index in [0.29, 0.717) is 18.5 Å². The SMILES string of the molecule is CC(C)(C)OC(=O)N(C#C[Si](C)(C)C)C1=CC(=O)CCC1Br. The van der Waals surface area contributed by atoms with Crippen molar-refractivity contribution in [1.29, 1.82) is 0 Å². The Morgan fingerprint density at radius 1 is 1.41 bits per heavy atom. The molecule has 0 saturated carbocycles. The summed E-state index contributed by atoms with van der Waals surface area (Å²) in [6.07, 6.45) is 2.08. The number of alkyl halides is 1. The third-order valence-corrected chi connectivity index (χ3v) is 4.44. The third-order valence-electron chi connectivity index (χ3n) is 2.65. The Hall–Kier alpha value is -1.06. The summed E-state index contributed by atoms with van der Waals surface area (Å²) >= 11 is 3.52. The standard InChI is InChI=1S/C16H24BrNO3Si/c1-16(2,3)21-15(20)18(9-10-22(4,5)6)14-11-12(19)7-8-13(14)17/h11,13H,7-8H2,1-6H3. The molecule has 0 radical (unpaired) electrons. The van der Waals surface area contributed by atoms with Crippen molar-refractivity contribution in [2.24, 2.45) is 0 Å². The van der Waals surface area contributed by atoms with Crippen molar-refractivity contribution in [1.82, 2.24) is 4.90 Å². The molecule has 0 N–H and O–H groups in total. The fourth-order valence-electron chi connectivity index (χ4n) is 1.70. The van der Waals surface area contributed by atoms with Gasteiger partial charge < -0.3 is 4.74 Å². The topological polar surface area (TPSA) is 46.6 Å². The zero-order valence-electron chi connectivity index (χ0n) is 14.1. The van der Waals surface area contributed by atoms with Gasteiger partial charge in [-0.25, -0.2) is 9.69 Å². The number of hydrogen-bond acceptors (Lipinski definition) is 3. The van der Waals surface area contributed by atoms with Gasteiger partial charge in [0.2, 0.25) is 0 Å². The third kappa shape index (κ3) is 6.37. The molecule has 0 saturated heterocycles. The summed E-state index contributed by atoms with van der Waals surface area (Å²) in [4.78, 5) is 25.4. The number of halogens is 1. The molecule has 0 spiro atoms. The van der Waals surface area contributed by atoms with Gasteiger partial charge in [0.1, 0.15) is 13.7 Å². The van der Waals surface area contributed by atoms with Gasteiger partial charge in [-0.1, -0.05) is 35.6 Å². The maximum absolute atomic E-state index is 12.5. The molecule has 4 nitrogen and oxygen atoms in total. The van der Waals surface area contributed by atoms with Crippen molar-refractivity contribution in [2.45, 2.75) is 63.7 Å². The molecule has 122 valence electrons. The minimum Gasteiger partial charge on any atom is -0.443 e. The van der Waals surface area contributed by atoms with Crippen molar-refractivity contribution in [3.8, 4) is 11.6 Å². The van der Waals surface area contributed by atoms with Gasteiger partial charge in [-0.3, -0.25) is 4.79 Å². The number of allylic oxidation sites excluding steroid dienone is 2. The van der Waals surface area contributed by atoms with Crippen LogP contribution in [0, 0.1) is 11.6 Å². The molecule has 1 unspecified atom stereocenters. The summed E-state index contributed by atoms with van der Waals surface area (Å²) < 4.78 is 5.43. The van der Waals surface area contributed by atoms with Crippen LogP contribution in [-0.2, 0) is 9.53 Å².